The van der Waals surface area contributed by atoms with E-state index in [1.165, 1.54) is 43.3 Å². The minimum absolute atomic E-state index is 0.159. The van der Waals surface area contributed by atoms with E-state index in [2.05, 4.69) is 53.7 Å². The van der Waals surface area contributed by atoms with Crippen LogP contribution < -0.4 is 0 Å². The van der Waals surface area contributed by atoms with Gasteiger partial charge in [0.2, 0.25) is 0 Å². The number of hydrogen-bond acceptors (Lipinski definition) is 1. The lowest BCUT2D eigenvalue weighted by atomic mass is 9.71. The van der Waals surface area contributed by atoms with Crippen LogP contribution in [0.3, 0.4) is 0 Å². The van der Waals surface area contributed by atoms with Crippen LogP contribution in [0.25, 0.3) is 0 Å². The third-order valence-electron chi connectivity index (χ3n) is 5.96. The molecule has 148 valence electrons. The molecule has 0 aromatic heterocycles. The Morgan fingerprint density at radius 1 is 0.923 bits per heavy atom. The van der Waals surface area contributed by atoms with Gasteiger partial charge < -0.3 is 5.11 Å². The van der Waals surface area contributed by atoms with Gasteiger partial charge >= 0.3 is 0 Å². The molecule has 1 N–H and O–H groups in total. The van der Waals surface area contributed by atoms with Crippen LogP contribution in [0.15, 0.2) is 46.1 Å². The van der Waals surface area contributed by atoms with Crippen LogP contribution in [0.5, 0.6) is 0 Å². The van der Waals surface area contributed by atoms with Crippen molar-refractivity contribution >= 4 is 0 Å². The highest BCUT2D eigenvalue weighted by Crippen LogP contribution is 2.42. The molecule has 0 amide bonds. The van der Waals surface area contributed by atoms with Gasteiger partial charge in [-0.15, -0.1) is 0 Å². The highest BCUT2D eigenvalue weighted by molar-refractivity contribution is 5.23. The second kappa shape index (κ2) is 11.6. The lowest BCUT2D eigenvalue weighted by molar-refractivity contribution is 0.341. The molecule has 0 saturated carbocycles. The molecule has 0 saturated heterocycles. The minimum Gasteiger partial charge on any atom is -0.392 e. The molecule has 0 bridgehead atoms. The molecule has 0 aromatic rings. The first-order valence-corrected chi connectivity index (χ1v) is 10.5. The monoisotopic (exact) mass is 358 g/mol. The van der Waals surface area contributed by atoms with Gasteiger partial charge in [0.1, 0.15) is 0 Å². The zero-order valence-electron chi connectivity index (χ0n) is 18.3. The SMILES string of the molecule is CC1=C(CC/C(C)=C/CC/C(C)=C/CC/C(C)=C/CO)C(C)(C)CCC1. The van der Waals surface area contributed by atoms with E-state index >= 15 is 0 Å². The van der Waals surface area contributed by atoms with Gasteiger partial charge in [-0.3, -0.25) is 0 Å². The van der Waals surface area contributed by atoms with Crippen molar-refractivity contribution in [2.45, 2.75) is 99.3 Å². The summed E-state index contributed by atoms with van der Waals surface area (Å²) in [5, 5.41) is 8.88. The van der Waals surface area contributed by atoms with Crippen molar-refractivity contribution < 1.29 is 5.11 Å². The second-order valence-corrected chi connectivity index (χ2v) is 8.91. The largest absolute Gasteiger partial charge is 0.392 e. The van der Waals surface area contributed by atoms with E-state index in [1.807, 2.05) is 6.08 Å². The molecule has 0 aliphatic heterocycles. The third kappa shape index (κ3) is 8.54. The summed E-state index contributed by atoms with van der Waals surface area (Å²) < 4.78 is 0. The summed E-state index contributed by atoms with van der Waals surface area (Å²) in [6.07, 6.45) is 17.6. The molecule has 1 aliphatic carbocycles. The predicted molar refractivity (Wildman–Crippen MR) is 116 cm³/mol. The van der Waals surface area contributed by atoms with Crippen LogP contribution in [-0.2, 0) is 0 Å². The molecule has 0 spiro atoms. The molecule has 0 aromatic carbocycles. The smallest absolute Gasteiger partial charge is 0.0614 e. The number of hydrogen-bond donors (Lipinski definition) is 1. The van der Waals surface area contributed by atoms with Crippen LogP contribution in [0.2, 0.25) is 0 Å². The molecule has 0 fully saturated rings. The van der Waals surface area contributed by atoms with E-state index < -0.39 is 0 Å². The van der Waals surface area contributed by atoms with E-state index in [0.29, 0.717) is 5.41 Å². The lowest BCUT2D eigenvalue weighted by Crippen LogP contribution is -2.20. The third-order valence-corrected chi connectivity index (χ3v) is 5.96. The van der Waals surface area contributed by atoms with E-state index in [4.69, 9.17) is 5.11 Å². The van der Waals surface area contributed by atoms with Crippen molar-refractivity contribution in [2.24, 2.45) is 5.41 Å². The zero-order valence-corrected chi connectivity index (χ0v) is 18.3. The van der Waals surface area contributed by atoms with E-state index in [1.54, 1.807) is 16.7 Å². The van der Waals surface area contributed by atoms with Crippen molar-refractivity contribution in [1.82, 2.24) is 0 Å². The Morgan fingerprint density at radius 2 is 1.46 bits per heavy atom. The number of aliphatic hydroxyl groups excluding tert-OH is 1. The fourth-order valence-electron chi connectivity index (χ4n) is 4.10. The summed E-state index contributed by atoms with van der Waals surface area (Å²) in [7, 11) is 0. The molecular formula is C25H42O. The van der Waals surface area contributed by atoms with Gasteiger partial charge in [0.15, 0.2) is 0 Å². The van der Waals surface area contributed by atoms with E-state index in [-0.39, 0.29) is 6.61 Å². The number of aliphatic hydroxyl groups is 1. The molecule has 26 heavy (non-hydrogen) atoms. The fraction of sp³-hybridized carbons (Fsp3) is 0.680. The van der Waals surface area contributed by atoms with Crippen molar-refractivity contribution in [2.75, 3.05) is 6.61 Å². The Bertz CT molecular complexity index is 555. The first-order valence-electron chi connectivity index (χ1n) is 10.5. The van der Waals surface area contributed by atoms with Crippen LogP contribution in [-0.4, -0.2) is 11.7 Å². The molecule has 1 aliphatic rings. The lowest BCUT2D eigenvalue weighted by Gasteiger charge is -2.35. The summed E-state index contributed by atoms with van der Waals surface area (Å²) in [5.41, 5.74) is 8.09. The average molecular weight is 359 g/mol. The molecule has 1 heteroatoms. The zero-order chi connectivity index (χ0) is 19.6. The Morgan fingerprint density at radius 3 is 2.00 bits per heavy atom. The van der Waals surface area contributed by atoms with Gasteiger partial charge in [0.05, 0.1) is 6.61 Å². The molecule has 0 atom stereocenters. The first kappa shape index (κ1) is 23.0. The van der Waals surface area contributed by atoms with Gasteiger partial charge in [-0.05, 0) is 90.9 Å². The van der Waals surface area contributed by atoms with Crippen molar-refractivity contribution in [3.05, 3.63) is 46.1 Å². The second-order valence-electron chi connectivity index (χ2n) is 8.91. The fourth-order valence-corrected chi connectivity index (χ4v) is 4.10. The molecule has 1 rings (SSSR count). The highest BCUT2D eigenvalue weighted by Gasteiger charge is 2.27. The maximum atomic E-state index is 8.88. The van der Waals surface area contributed by atoms with Crippen LogP contribution in [0.4, 0.5) is 0 Å². The van der Waals surface area contributed by atoms with Gasteiger partial charge in [-0.1, -0.05) is 59.9 Å². The quantitative estimate of drug-likeness (QED) is 0.397. The van der Waals surface area contributed by atoms with E-state index in [0.717, 1.165) is 25.7 Å². The summed E-state index contributed by atoms with van der Waals surface area (Å²) in [5.74, 6) is 0. The maximum Gasteiger partial charge on any atom is 0.0614 e. The number of rotatable bonds is 10. The Kier molecular flexibility index (Phi) is 10.2. The Labute approximate surface area is 163 Å². The number of allylic oxidation sites excluding steroid dienone is 7. The van der Waals surface area contributed by atoms with E-state index in [9.17, 15) is 0 Å². The summed E-state index contributed by atoms with van der Waals surface area (Å²) in [6.45, 7) is 14.0. The molecule has 0 radical (unpaired) electrons. The van der Waals surface area contributed by atoms with Crippen molar-refractivity contribution in [3.8, 4) is 0 Å². The van der Waals surface area contributed by atoms with Gasteiger partial charge in [0, 0.05) is 0 Å². The van der Waals surface area contributed by atoms with Gasteiger partial charge in [0.25, 0.3) is 0 Å². The van der Waals surface area contributed by atoms with Crippen LogP contribution >= 0.6 is 0 Å². The summed E-state index contributed by atoms with van der Waals surface area (Å²) >= 11 is 0. The predicted octanol–water partition coefficient (Wildman–Crippen LogP) is 7.68. The van der Waals surface area contributed by atoms with Crippen LogP contribution in [0, 0.1) is 5.41 Å². The molecular weight excluding hydrogens is 316 g/mol. The highest BCUT2D eigenvalue weighted by atomic mass is 16.2. The topological polar surface area (TPSA) is 20.2 Å². The molecule has 1 nitrogen and oxygen atoms in total. The normalized spacial score (nSPS) is 19.3. The first-order chi connectivity index (χ1) is 12.3. The average Bonchev–Trinajstić information content (AvgIpc) is 2.54. The summed E-state index contributed by atoms with van der Waals surface area (Å²) in [4.78, 5) is 0. The molecule has 0 heterocycles. The van der Waals surface area contributed by atoms with Crippen molar-refractivity contribution in [1.29, 1.82) is 0 Å². The summed E-state index contributed by atoms with van der Waals surface area (Å²) in [6, 6.07) is 0. The van der Waals surface area contributed by atoms with Crippen molar-refractivity contribution in [3.63, 3.8) is 0 Å². The van der Waals surface area contributed by atoms with Crippen LogP contribution in [0.1, 0.15) is 99.3 Å². The molecule has 0 unspecified atom stereocenters. The van der Waals surface area contributed by atoms with Gasteiger partial charge in [-0.25, -0.2) is 0 Å². The maximum absolute atomic E-state index is 8.88. The standard InChI is InChI=1S/C25H42O/c1-20(11-8-13-22(3)17-19-26)10-7-12-21(2)15-16-24-23(4)14-9-18-25(24,5)6/h11-12,17,26H,7-10,13-16,18-19H2,1-6H3/b20-11+,21-12+,22-17+. The Hall–Kier alpha value is -1.08. The Balaban J connectivity index is 2.38. The minimum atomic E-state index is 0.159. The van der Waals surface area contributed by atoms with Gasteiger partial charge in [-0.2, -0.15) is 0 Å².